The first-order chi connectivity index (χ1) is 12.0. The summed E-state index contributed by atoms with van der Waals surface area (Å²) in [6, 6.07) is 9.05. The zero-order valence-corrected chi connectivity index (χ0v) is 13.0. The molecular weight excluding hydrogens is 337 g/mol. The van der Waals surface area contributed by atoms with Gasteiger partial charge in [0, 0.05) is 18.7 Å². The van der Waals surface area contributed by atoms with Crippen molar-refractivity contribution < 1.29 is 23.0 Å². The minimum absolute atomic E-state index is 0.0813. The molecule has 0 saturated carbocycles. The van der Waals surface area contributed by atoms with E-state index in [9.17, 15) is 13.2 Å². The minimum Gasteiger partial charge on any atom is -0.406 e. The summed E-state index contributed by atoms with van der Waals surface area (Å²) >= 11 is 0. The van der Waals surface area contributed by atoms with E-state index in [1.807, 2.05) is 0 Å². The van der Waals surface area contributed by atoms with Crippen LogP contribution in [0.4, 0.5) is 19.0 Å². The first-order valence-corrected chi connectivity index (χ1v) is 7.52. The second-order valence-corrected chi connectivity index (χ2v) is 5.21. The molecule has 132 valence electrons. The Morgan fingerprint density at radius 3 is 2.56 bits per heavy atom. The highest BCUT2D eigenvalue weighted by molar-refractivity contribution is 5.64. The summed E-state index contributed by atoms with van der Waals surface area (Å²) < 4.78 is 42.1. The number of hydrogen-bond acceptors (Lipinski definition) is 5. The van der Waals surface area contributed by atoms with Crippen LogP contribution >= 0.6 is 0 Å². The van der Waals surface area contributed by atoms with Crippen LogP contribution < -0.4 is 10.1 Å². The van der Waals surface area contributed by atoms with Gasteiger partial charge in [-0.05, 0) is 42.8 Å². The SMILES string of the molecule is OCCCNc1ccc2ncc(-c3ccc(OC(F)(F)F)cc3)n2n1. The van der Waals surface area contributed by atoms with Crippen molar-refractivity contribution in [1.29, 1.82) is 0 Å². The van der Waals surface area contributed by atoms with Crippen molar-refractivity contribution in [3.63, 3.8) is 0 Å². The van der Waals surface area contributed by atoms with Gasteiger partial charge < -0.3 is 15.2 Å². The molecule has 2 heterocycles. The summed E-state index contributed by atoms with van der Waals surface area (Å²) in [5, 5.41) is 16.3. The van der Waals surface area contributed by atoms with Crippen molar-refractivity contribution in [2.75, 3.05) is 18.5 Å². The molecule has 9 heteroatoms. The van der Waals surface area contributed by atoms with Crippen molar-refractivity contribution in [2.45, 2.75) is 12.8 Å². The smallest absolute Gasteiger partial charge is 0.406 e. The number of hydrogen-bond donors (Lipinski definition) is 2. The second kappa shape index (κ2) is 6.98. The molecule has 3 rings (SSSR count). The number of imidazole rings is 1. The minimum atomic E-state index is -4.72. The Hall–Kier alpha value is -2.81. The largest absolute Gasteiger partial charge is 0.573 e. The van der Waals surface area contributed by atoms with Gasteiger partial charge in [-0.3, -0.25) is 0 Å². The molecule has 0 spiro atoms. The Morgan fingerprint density at radius 2 is 1.88 bits per heavy atom. The molecule has 0 bridgehead atoms. The third-order valence-electron chi connectivity index (χ3n) is 3.39. The maximum atomic E-state index is 12.2. The van der Waals surface area contributed by atoms with Crippen LogP contribution in [-0.2, 0) is 0 Å². The number of alkyl halides is 3. The van der Waals surface area contributed by atoms with Gasteiger partial charge in [-0.15, -0.1) is 18.3 Å². The quantitative estimate of drug-likeness (QED) is 0.667. The highest BCUT2D eigenvalue weighted by Crippen LogP contribution is 2.27. The van der Waals surface area contributed by atoms with Gasteiger partial charge in [0.15, 0.2) is 5.65 Å². The zero-order chi connectivity index (χ0) is 17.9. The van der Waals surface area contributed by atoms with E-state index in [0.717, 1.165) is 0 Å². The average Bonchev–Trinajstić information content (AvgIpc) is 2.98. The lowest BCUT2D eigenvalue weighted by molar-refractivity contribution is -0.274. The van der Waals surface area contributed by atoms with Crippen LogP contribution in [-0.4, -0.2) is 39.2 Å². The van der Waals surface area contributed by atoms with E-state index < -0.39 is 6.36 Å². The van der Waals surface area contributed by atoms with Crippen LogP contribution in [0.3, 0.4) is 0 Å². The number of anilines is 1. The molecule has 0 unspecified atom stereocenters. The number of fused-ring (bicyclic) bond motifs is 1. The summed E-state index contributed by atoms with van der Waals surface area (Å²) in [6.45, 7) is 0.653. The topological polar surface area (TPSA) is 71.7 Å². The fourth-order valence-corrected chi connectivity index (χ4v) is 2.29. The number of aromatic nitrogens is 3. The Morgan fingerprint density at radius 1 is 1.12 bits per heavy atom. The van der Waals surface area contributed by atoms with Gasteiger partial charge in [-0.25, -0.2) is 9.50 Å². The Bertz CT molecular complexity index is 847. The van der Waals surface area contributed by atoms with E-state index in [1.165, 1.54) is 24.3 Å². The molecule has 0 saturated heterocycles. The third-order valence-corrected chi connectivity index (χ3v) is 3.39. The molecule has 3 aromatic rings. The van der Waals surface area contributed by atoms with Crippen molar-refractivity contribution in [1.82, 2.24) is 14.6 Å². The molecule has 2 aromatic heterocycles. The van der Waals surface area contributed by atoms with E-state index >= 15 is 0 Å². The standard InChI is InChI=1S/C16H15F3N4O2/c17-16(18,19)25-12-4-2-11(3-5-12)13-10-21-15-7-6-14(22-23(13)15)20-8-1-9-24/h2-7,10,24H,1,8-9H2,(H,20,22). The lowest BCUT2D eigenvalue weighted by Crippen LogP contribution is -2.16. The van der Waals surface area contributed by atoms with E-state index in [-0.39, 0.29) is 12.4 Å². The molecule has 25 heavy (non-hydrogen) atoms. The summed E-state index contributed by atoms with van der Waals surface area (Å²) in [5.41, 5.74) is 1.90. The molecule has 2 N–H and O–H groups in total. The van der Waals surface area contributed by atoms with Crippen molar-refractivity contribution in [2.24, 2.45) is 0 Å². The van der Waals surface area contributed by atoms with Gasteiger partial charge in [0.2, 0.25) is 0 Å². The molecule has 0 amide bonds. The molecule has 0 fully saturated rings. The molecular formula is C16H15F3N4O2. The highest BCUT2D eigenvalue weighted by atomic mass is 19.4. The number of halogens is 3. The van der Waals surface area contributed by atoms with E-state index in [1.54, 1.807) is 22.8 Å². The molecule has 0 aliphatic carbocycles. The predicted octanol–water partition coefficient (Wildman–Crippen LogP) is 3.09. The van der Waals surface area contributed by atoms with Crippen LogP contribution in [0.15, 0.2) is 42.6 Å². The number of nitrogens with one attached hydrogen (secondary N) is 1. The second-order valence-electron chi connectivity index (χ2n) is 5.21. The maximum Gasteiger partial charge on any atom is 0.573 e. The van der Waals surface area contributed by atoms with Crippen LogP contribution in [0, 0.1) is 0 Å². The normalized spacial score (nSPS) is 11.7. The van der Waals surface area contributed by atoms with Crippen LogP contribution in [0.5, 0.6) is 5.75 Å². The van der Waals surface area contributed by atoms with Gasteiger partial charge in [0.1, 0.15) is 11.6 Å². The maximum absolute atomic E-state index is 12.2. The molecule has 0 atom stereocenters. The monoisotopic (exact) mass is 352 g/mol. The number of ether oxygens (including phenoxy) is 1. The fourth-order valence-electron chi connectivity index (χ4n) is 2.29. The highest BCUT2D eigenvalue weighted by Gasteiger charge is 2.31. The Kier molecular flexibility index (Phi) is 4.75. The van der Waals surface area contributed by atoms with E-state index in [0.29, 0.717) is 35.7 Å². The third kappa shape index (κ3) is 4.18. The molecule has 0 aliphatic heterocycles. The fraction of sp³-hybridized carbons (Fsp3) is 0.250. The van der Waals surface area contributed by atoms with Gasteiger partial charge in [0.25, 0.3) is 0 Å². The van der Waals surface area contributed by atoms with Gasteiger partial charge in [0.05, 0.1) is 11.9 Å². The first-order valence-electron chi connectivity index (χ1n) is 7.52. The number of aliphatic hydroxyl groups excluding tert-OH is 1. The summed E-state index contributed by atoms with van der Waals surface area (Å²) in [6.07, 6.45) is -2.53. The van der Waals surface area contributed by atoms with Crippen molar-refractivity contribution in [3.8, 4) is 17.0 Å². The van der Waals surface area contributed by atoms with Crippen molar-refractivity contribution in [3.05, 3.63) is 42.6 Å². The Labute approximate surface area is 140 Å². The summed E-state index contributed by atoms with van der Waals surface area (Å²) in [5.74, 6) is 0.321. The molecule has 0 aliphatic rings. The first kappa shape index (κ1) is 17.0. The lowest BCUT2D eigenvalue weighted by atomic mass is 10.1. The Balaban J connectivity index is 1.86. The lowest BCUT2D eigenvalue weighted by Gasteiger charge is -2.09. The number of nitrogens with zero attached hydrogens (tertiary/aromatic N) is 3. The number of aliphatic hydroxyl groups is 1. The van der Waals surface area contributed by atoms with Crippen LogP contribution in [0.1, 0.15) is 6.42 Å². The van der Waals surface area contributed by atoms with Gasteiger partial charge >= 0.3 is 6.36 Å². The average molecular weight is 352 g/mol. The molecule has 1 aromatic carbocycles. The molecule has 0 radical (unpaired) electrons. The van der Waals surface area contributed by atoms with Gasteiger partial charge in [-0.1, -0.05) is 0 Å². The molecule has 6 nitrogen and oxygen atoms in total. The van der Waals surface area contributed by atoms with Gasteiger partial charge in [-0.2, -0.15) is 0 Å². The van der Waals surface area contributed by atoms with Crippen LogP contribution in [0.2, 0.25) is 0 Å². The van der Waals surface area contributed by atoms with E-state index in [4.69, 9.17) is 5.11 Å². The van der Waals surface area contributed by atoms with E-state index in [2.05, 4.69) is 20.1 Å². The number of benzene rings is 1. The number of rotatable bonds is 6. The predicted molar refractivity (Wildman–Crippen MR) is 85.3 cm³/mol. The van der Waals surface area contributed by atoms with Crippen LogP contribution in [0.25, 0.3) is 16.9 Å². The summed E-state index contributed by atoms with van der Waals surface area (Å²) in [7, 11) is 0. The van der Waals surface area contributed by atoms with Crippen molar-refractivity contribution >= 4 is 11.5 Å². The summed E-state index contributed by atoms with van der Waals surface area (Å²) in [4.78, 5) is 4.24. The zero-order valence-electron chi connectivity index (χ0n) is 13.0.